The molecule has 5 rings (SSSR count). The number of rotatable bonds is 7. The van der Waals surface area contributed by atoms with E-state index in [0.717, 1.165) is 25.8 Å². The predicted molar refractivity (Wildman–Crippen MR) is 167 cm³/mol. The van der Waals surface area contributed by atoms with Gasteiger partial charge in [-0.15, -0.1) is 0 Å². The van der Waals surface area contributed by atoms with Gasteiger partial charge in [0.15, 0.2) is 0 Å². The molecule has 2 amide bonds. The molecule has 242 valence electrons. The molecule has 1 saturated carbocycles. The lowest BCUT2D eigenvalue weighted by molar-refractivity contribution is -0.128. The third-order valence-corrected chi connectivity index (χ3v) is 10.8. The molecule has 1 N–H and O–H groups in total. The molecular weight excluding hydrogens is 597 g/mol. The molecule has 2 aliphatic heterocycles. The molecule has 2 aromatic rings. The second-order valence-corrected chi connectivity index (χ2v) is 15.3. The van der Waals surface area contributed by atoms with Crippen molar-refractivity contribution in [3.63, 3.8) is 0 Å². The van der Waals surface area contributed by atoms with Crippen molar-refractivity contribution in [2.45, 2.75) is 81.5 Å². The van der Waals surface area contributed by atoms with Crippen molar-refractivity contribution in [3.8, 4) is 17.2 Å². The summed E-state index contributed by atoms with van der Waals surface area (Å²) in [5.74, 6) is -0.980. The van der Waals surface area contributed by atoms with Gasteiger partial charge in [0, 0.05) is 32.1 Å². The van der Waals surface area contributed by atoms with E-state index in [1.165, 1.54) is 15.3 Å². The Labute approximate surface area is 265 Å². The van der Waals surface area contributed by atoms with Crippen LogP contribution >= 0.6 is 0 Å². The highest BCUT2D eigenvalue weighted by molar-refractivity contribution is 7.89. The molecule has 0 aromatic heterocycles. The van der Waals surface area contributed by atoms with E-state index in [9.17, 15) is 23.3 Å². The molecule has 12 heteroatoms. The number of ether oxygens (including phenoxy) is 1. The number of carbonyl (C=O) groups excluding carboxylic acids is 2. The highest BCUT2D eigenvalue weighted by Crippen LogP contribution is 2.43. The molecule has 2 heterocycles. The smallest absolute Gasteiger partial charge is 0.411 e. The third kappa shape index (κ3) is 7.32. The second-order valence-electron chi connectivity index (χ2n) is 13.3. The first-order valence-electron chi connectivity index (χ1n) is 15.6. The van der Waals surface area contributed by atoms with Crippen LogP contribution in [0.3, 0.4) is 0 Å². The monoisotopic (exact) mass is 639 g/mol. The zero-order valence-electron chi connectivity index (χ0n) is 26.3. The Hall–Kier alpha value is -3.53. The van der Waals surface area contributed by atoms with Crippen molar-refractivity contribution in [2.24, 2.45) is 5.92 Å². The van der Waals surface area contributed by atoms with Crippen LogP contribution in [-0.4, -0.2) is 91.5 Å². The third-order valence-electron chi connectivity index (χ3n) is 8.91. The number of hydrogen-bond acceptors (Lipinski definition) is 7. The summed E-state index contributed by atoms with van der Waals surface area (Å²) in [5.41, 5.74) is 0.762. The zero-order chi connectivity index (χ0) is 32.5. The number of likely N-dealkylation sites (tertiary alicyclic amines) is 1. The normalized spacial score (nSPS) is 23.3. The quantitative estimate of drug-likeness (QED) is 0.483. The number of halogens is 1. The lowest BCUT2D eigenvalue weighted by Gasteiger charge is -2.35. The predicted octanol–water partition coefficient (Wildman–Crippen LogP) is 4.16. The average molecular weight is 640 g/mol. The van der Waals surface area contributed by atoms with Crippen molar-refractivity contribution in [3.05, 3.63) is 53.8 Å². The second kappa shape index (κ2) is 13.1. The first kappa shape index (κ1) is 32.9. The van der Waals surface area contributed by atoms with Crippen LogP contribution in [0.5, 0.6) is 0 Å². The topological polar surface area (TPSA) is 123 Å². The summed E-state index contributed by atoms with van der Waals surface area (Å²) in [6.07, 6.45) is 2.52. The van der Waals surface area contributed by atoms with Gasteiger partial charge >= 0.3 is 6.09 Å². The number of benzene rings is 2. The Morgan fingerprint density at radius 3 is 2.44 bits per heavy atom. The van der Waals surface area contributed by atoms with Crippen LogP contribution in [0, 0.1) is 23.1 Å². The van der Waals surface area contributed by atoms with Gasteiger partial charge < -0.3 is 15.0 Å². The highest BCUT2D eigenvalue weighted by Gasteiger charge is 2.52. The summed E-state index contributed by atoms with van der Waals surface area (Å²) in [4.78, 5) is 30.1. The van der Waals surface area contributed by atoms with Crippen LogP contribution < -0.4 is 5.32 Å². The Kier molecular flexibility index (Phi) is 9.54. The first-order valence-corrected chi connectivity index (χ1v) is 17.0. The van der Waals surface area contributed by atoms with E-state index in [0.29, 0.717) is 37.2 Å². The van der Waals surface area contributed by atoms with Crippen molar-refractivity contribution in [1.82, 2.24) is 19.4 Å². The van der Waals surface area contributed by atoms with Crippen LogP contribution in [0.4, 0.5) is 9.18 Å². The molecule has 0 radical (unpaired) electrons. The highest BCUT2D eigenvalue weighted by atomic mass is 32.2. The lowest BCUT2D eigenvalue weighted by atomic mass is 9.97. The molecule has 0 spiro atoms. The van der Waals surface area contributed by atoms with E-state index in [2.05, 4.69) is 16.3 Å². The number of sulfonamides is 1. The van der Waals surface area contributed by atoms with E-state index < -0.39 is 45.5 Å². The minimum absolute atomic E-state index is 0.00897. The summed E-state index contributed by atoms with van der Waals surface area (Å²) in [6, 6.07) is 11.3. The SMILES string of the molecule is CN1CCCN(S(=O)(=O)c2ccc(-c3ccc(CC(C#N)NC(=O)C4C5CCC(C5)N4C(=O)OC(C)(C)C)c(F)c3)cc2)CC1. The van der Waals surface area contributed by atoms with Gasteiger partial charge in [0.1, 0.15) is 23.5 Å². The molecule has 3 fully saturated rings. The van der Waals surface area contributed by atoms with Gasteiger partial charge in [-0.2, -0.15) is 9.57 Å². The van der Waals surface area contributed by atoms with Crippen molar-refractivity contribution < 1.29 is 27.1 Å². The molecule has 3 aliphatic rings. The number of likely N-dealkylation sites (N-methyl/N-ethyl adjacent to an activating group) is 1. The first-order chi connectivity index (χ1) is 21.3. The Morgan fingerprint density at radius 1 is 1.07 bits per heavy atom. The van der Waals surface area contributed by atoms with Crippen LogP contribution in [0.25, 0.3) is 11.1 Å². The number of amides is 2. The van der Waals surface area contributed by atoms with Crippen molar-refractivity contribution >= 4 is 22.0 Å². The summed E-state index contributed by atoms with van der Waals surface area (Å²) >= 11 is 0. The molecule has 45 heavy (non-hydrogen) atoms. The van der Waals surface area contributed by atoms with Gasteiger partial charge in [0.25, 0.3) is 0 Å². The standard InChI is InChI=1S/C33H42FN5O5S/c1-33(2,3)44-32(41)39-27-11-8-25(19-27)30(39)31(40)36-26(21-35)18-24-7-6-23(20-29(24)34)22-9-12-28(13-10-22)45(42,43)38-15-5-14-37(4)16-17-38/h6-7,9-10,12-13,20,25-27,30H,5,8,11,14-19H2,1-4H3,(H,36,40). The minimum Gasteiger partial charge on any atom is -0.444 e. The van der Waals surface area contributed by atoms with Crippen LogP contribution in [0.15, 0.2) is 47.4 Å². The van der Waals surface area contributed by atoms with Crippen LogP contribution in [-0.2, 0) is 26.0 Å². The van der Waals surface area contributed by atoms with Crippen LogP contribution in [0.1, 0.15) is 52.0 Å². The van der Waals surface area contributed by atoms with Crippen molar-refractivity contribution in [2.75, 3.05) is 33.2 Å². The van der Waals surface area contributed by atoms with Gasteiger partial charge in [-0.1, -0.05) is 24.3 Å². The maximum atomic E-state index is 15.3. The number of nitrogens with zero attached hydrogens (tertiary/aromatic N) is 4. The zero-order valence-corrected chi connectivity index (χ0v) is 27.1. The average Bonchev–Trinajstić information content (AvgIpc) is 3.53. The van der Waals surface area contributed by atoms with Gasteiger partial charge in [0.05, 0.1) is 11.0 Å². The Balaban J connectivity index is 1.24. The molecule has 2 bridgehead atoms. The maximum Gasteiger partial charge on any atom is 0.411 e. The number of carbonyl (C=O) groups is 2. The Morgan fingerprint density at radius 2 is 1.78 bits per heavy atom. The van der Waals surface area contributed by atoms with E-state index in [-0.39, 0.29) is 28.8 Å². The molecule has 4 atom stereocenters. The van der Waals surface area contributed by atoms with E-state index in [1.54, 1.807) is 57.2 Å². The van der Waals surface area contributed by atoms with Gasteiger partial charge in [-0.05, 0) is 101 Å². The summed E-state index contributed by atoms with van der Waals surface area (Å²) < 4.78 is 48.8. The largest absolute Gasteiger partial charge is 0.444 e. The number of hydrogen-bond donors (Lipinski definition) is 1. The molecular formula is C33H42FN5O5S. The van der Waals surface area contributed by atoms with Gasteiger partial charge in [0.2, 0.25) is 15.9 Å². The Bertz CT molecular complexity index is 1570. The summed E-state index contributed by atoms with van der Waals surface area (Å²) in [5, 5.41) is 12.6. The summed E-state index contributed by atoms with van der Waals surface area (Å²) in [7, 11) is -1.66. The number of piperidine rings is 1. The van der Waals surface area contributed by atoms with Gasteiger partial charge in [-0.25, -0.2) is 17.6 Å². The number of nitrogens with one attached hydrogen (secondary N) is 1. The van der Waals surface area contributed by atoms with E-state index in [1.807, 2.05) is 7.05 Å². The lowest BCUT2D eigenvalue weighted by Crippen LogP contribution is -2.55. The summed E-state index contributed by atoms with van der Waals surface area (Å²) in [6.45, 7) is 7.74. The number of fused-ring (bicyclic) bond motifs is 2. The molecule has 10 nitrogen and oxygen atoms in total. The molecule has 2 saturated heterocycles. The molecule has 1 aliphatic carbocycles. The number of nitriles is 1. The van der Waals surface area contributed by atoms with Crippen molar-refractivity contribution in [1.29, 1.82) is 5.26 Å². The van der Waals surface area contributed by atoms with Crippen LogP contribution in [0.2, 0.25) is 0 Å². The minimum atomic E-state index is -3.64. The fourth-order valence-electron chi connectivity index (χ4n) is 6.63. The van der Waals surface area contributed by atoms with E-state index in [4.69, 9.17) is 4.74 Å². The van der Waals surface area contributed by atoms with Gasteiger partial charge in [-0.3, -0.25) is 9.69 Å². The fourth-order valence-corrected chi connectivity index (χ4v) is 8.10. The fraction of sp³-hybridized carbons (Fsp3) is 0.545. The molecule has 2 aromatic carbocycles. The molecule has 4 unspecified atom stereocenters. The van der Waals surface area contributed by atoms with E-state index >= 15 is 4.39 Å². The maximum absolute atomic E-state index is 15.3.